The summed E-state index contributed by atoms with van der Waals surface area (Å²) in [6, 6.07) is 13.7. The molecular formula is C26H27N3O5. The monoisotopic (exact) mass is 461 g/mol. The van der Waals surface area contributed by atoms with Crippen LogP contribution >= 0.6 is 0 Å². The molecule has 2 aromatic carbocycles. The second-order valence-corrected chi connectivity index (χ2v) is 8.63. The number of rotatable bonds is 9. The molecule has 2 aliphatic rings. The standard InChI is InChI=1S/C26H27N3O5/c1-29(26-27-10-9-22(28-26)19-5-8-23-24(14-19)34-16-33-23)11-2-12-32-20-6-7-21-17(13-20)3-4-18(21)15-25(30)31/h5-10,13-14,18H,2-4,11-12,15-16H2,1H3,(H,30,31)/t18-/m0/s1. The number of hydrogen-bond acceptors (Lipinski definition) is 7. The number of carbonyl (C=O) groups is 1. The Bertz CT molecular complexity index is 1200. The van der Waals surface area contributed by atoms with Gasteiger partial charge in [-0.1, -0.05) is 6.07 Å². The molecule has 0 fully saturated rings. The van der Waals surface area contributed by atoms with Crippen LogP contribution in [-0.2, 0) is 11.2 Å². The number of hydrogen-bond donors (Lipinski definition) is 1. The van der Waals surface area contributed by atoms with Crippen molar-refractivity contribution in [1.29, 1.82) is 0 Å². The van der Waals surface area contributed by atoms with Crippen molar-refractivity contribution in [2.24, 2.45) is 0 Å². The number of anilines is 1. The van der Waals surface area contributed by atoms with Gasteiger partial charge in [-0.05, 0) is 72.7 Å². The SMILES string of the molecule is CN(CCCOc1ccc2c(c1)CC[C@H]2CC(=O)O)c1nccc(-c2ccc3c(c2)OCO3)n1. The Labute approximate surface area is 198 Å². The quantitative estimate of drug-likeness (QED) is 0.472. The first-order chi connectivity index (χ1) is 16.6. The molecule has 8 nitrogen and oxygen atoms in total. The minimum atomic E-state index is -0.743. The van der Waals surface area contributed by atoms with Crippen molar-refractivity contribution in [1.82, 2.24) is 9.97 Å². The summed E-state index contributed by atoms with van der Waals surface area (Å²) in [7, 11) is 1.97. The molecule has 176 valence electrons. The molecule has 8 heteroatoms. The van der Waals surface area contributed by atoms with Crippen LogP contribution in [0, 0.1) is 0 Å². The van der Waals surface area contributed by atoms with Crippen molar-refractivity contribution in [2.75, 3.05) is 31.9 Å². The zero-order chi connectivity index (χ0) is 23.5. The molecule has 1 aromatic heterocycles. The van der Waals surface area contributed by atoms with Crippen molar-refractivity contribution in [3.8, 4) is 28.5 Å². The normalized spacial score (nSPS) is 15.7. The lowest BCUT2D eigenvalue weighted by atomic mass is 9.98. The van der Waals surface area contributed by atoms with E-state index in [-0.39, 0.29) is 19.1 Å². The highest BCUT2D eigenvalue weighted by atomic mass is 16.7. The molecule has 34 heavy (non-hydrogen) atoms. The average molecular weight is 462 g/mol. The second-order valence-electron chi connectivity index (χ2n) is 8.63. The van der Waals surface area contributed by atoms with Gasteiger partial charge in [-0.15, -0.1) is 0 Å². The van der Waals surface area contributed by atoms with Crippen LogP contribution in [0.25, 0.3) is 11.3 Å². The fraction of sp³-hybridized carbons (Fsp3) is 0.346. The minimum Gasteiger partial charge on any atom is -0.494 e. The molecule has 0 saturated heterocycles. The molecule has 0 spiro atoms. The van der Waals surface area contributed by atoms with E-state index in [2.05, 4.69) is 11.1 Å². The summed E-state index contributed by atoms with van der Waals surface area (Å²) in [4.78, 5) is 22.2. The highest BCUT2D eigenvalue weighted by Crippen LogP contribution is 2.37. The van der Waals surface area contributed by atoms with E-state index < -0.39 is 5.97 Å². The Morgan fingerprint density at radius 3 is 2.94 bits per heavy atom. The molecular weight excluding hydrogens is 434 g/mol. The maximum absolute atomic E-state index is 11.0. The molecule has 1 aliphatic carbocycles. The summed E-state index contributed by atoms with van der Waals surface area (Å²) in [5, 5.41) is 9.08. The molecule has 0 radical (unpaired) electrons. The van der Waals surface area contributed by atoms with Crippen molar-refractivity contribution in [2.45, 2.75) is 31.6 Å². The molecule has 0 amide bonds. The first-order valence-electron chi connectivity index (χ1n) is 11.5. The lowest BCUT2D eigenvalue weighted by molar-refractivity contribution is -0.137. The number of ether oxygens (including phenoxy) is 3. The summed E-state index contributed by atoms with van der Waals surface area (Å²) in [6.07, 6.45) is 4.56. The van der Waals surface area contributed by atoms with E-state index in [0.29, 0.717) is 12.6 Å². The molecule has 3 aromatic rings. The van der Waals surface area contributed by atoms with Crippen molar-refractivity contribution in [3.05, 3.63) is 59.8 Å². The van der Waals surface area contributed by atoms with Crippen LogP contribution in [-0.4, -0.2) is 48.0 Å². The lowest BCUT2D eigenvalue weighted by Gasteiger charge is -2.18. The molecule has 1 atom stereocenters. The maximum Gasteiger partial charge on any atom is 0.303 e. The number of benzene rings is 2. The Hall–Kier alpha value is -3.81. The molecule has 0 saturated carbocycles. The third-order valence-corrected chi connectivity index (χ3v) is 6.30. The Morgan fingerprint density at radius 1 is 1.18 bits per heavy atom. The Balaban J connectivity index is 1.14. The second kappa shape index (κ2) is 9.59. The molecule has 0 unspecified atom stereocenters. The van der Waals surface area contributed by atoms with Crippen LogP contribution in [0.1, 0.15) is 36.3 Å². The number of aliphatic carboxylic acids is 1. The predicted molar refractivity (Wildman–Crippen MR) is 127 cm³/mol. The predicted octanol–water partition coefficient (Wildman–Crippen LogP) is 4.28. The van der Waals surface area contributed by atoms with Crippen LogP contribution in [0.2, 0.25) is 0 Å². The van der Waals surface area contributed by atoms with Gasteiger partial charge in [-0.2, -0.15) is 0 Å². The van der Waals surface area contributed by atoms with Crippen molar-refractivity contribution in [3.63, 3.8) is 0 Å². The van der Waals surface area contributed by atoms with Gasteiger partial charge in [0.2, 0.25) is 12.7 Å². The third kappa shape index (κ3) is 4.76. The summed E-state index contributed by atoms with van der Waals surface area (Å²) in [6.45, 7) is 1.56. The number of aryl methyl sites for hydroxylation is 1. The van der Waals surface area contributed by atoms with Crippen LogP contribution < -0.4 is 19.1 Å². The van der Waals surface area contributed by atoms with Gasteiger partial charge in [0, 0.05) is 25.4 Å². The van der Waals surface area contributed by atoms with E-state index in [1.165, 1.54) is 5.56 Å². The van der Waals surface area contributed by atoms with Gasteiger partial charge >= 0.3 is 5.97 Å². The topological polar surface area (TPSA) is 94.0 Å². The highest BCUT2D eigenvalue weighted by Gasteiger charge is 2.25. The highest BCUT2D eigenvalue weighted by molar-refractivity contribution is 5.68. The van der Waals surface area contributed by atoms with Gasteiger partial charge in [0.1, 0.15) is 5.75 Å². The number of carboxylic acid groups (broad SMARTS) is 1. The van der Waals surface area contributed by atoms with Gasteiger partial charge in [0.05, 0.1) is 18.7 Å². The first kappa shape index (κ1) is 22.0. The number of carboxylic acids is 1. The minimum absolute atomic E-state index is 0.114. The molecule has 0 bridgehead atoms. The fourth-order valence-corrected chi connectivity index (χ4v) is 4.54. The molecule has 2 heterocycles. The van der Waals surface area contributed by atoms with Crippen LogP contribution in [0.4, 0.5) is 5.95 Å². The van der Waals surface area contributed by atoms with Gasteiger partial charge in [-0.3, -0.25) is 4.79 Å². The van der Waals surface area contributed by atoms with Gasteiger partial charge in [0.15, 0.2) is 11.5 Å². The first-order valence-corrected chi connectivity index (χ1v) is 11.5. The van der Waals surface area contributed by atoms with E-state index in [4.69, 9.17) is 24.3 Å². The van der Waals surface area contributed by atoms with E-state index in [9.17, 15) is 4.79 Å². The van der Waals surface area contributed by atoms with E-state index >= 15 is 0 Å². The average Bonchev–Trinajstić information content (AvgIpc) is 3.47. The zero-order valence-corrected chi connectivity index (χ0v) is 19.1. The lowest BCUT2D eigenvalue weighted by Crippen LogP contribution is -2.22. The Kier molecular flexibility index (Phi) is 6.20. The smallest absolute Gasteiger partial charge is 0.303 e. The summed E-state index contributed by atoms with van der Waals surface area (Å²) in [5.74, 6) is 2.33. The maximum atomic E-state index is 11.0. The van der Waals surface area contributed by atoms with E-state index in [0.717, 1.165) is 59.9 Å². The number of aromatic nitrogens is 2. The van der Waals surface area contributed by atoms with E-state index in [1.54, 1.807) is 6.20 Å². The van der Waals surface area contributed by atoms with Crippen molar-refractivity contribution < 1.29 is 24.1 Å². The largest absolute Gasteiger partial charge is 0.494 e. The third-order valence-electron chi connectivity index (χ3n) is 6.30. The molecule has 1 aliphatic heterocycles. The summed E-state index contributed by atoms with van der Waals surface area (Å²) < 4.78 is 16.8. The summed E-state index contributed by atoms with van der Waals surface area (Å²) in [5.41, 5.74) is 4.13. The molecule has 1 N–H and O–H groups in total. The van der Waals surface area contributed by atoms with Crippen LogP contribution in [0.3, 0.4) is 0 Å². The number of fused-ring (bicyclic) bond motifs is 2. The fourth-order valence-electron chi connectivity index (χ4n) is 4.54. The number of nitrogens with zero attached hydrogens (tertiary/aromatic N) is 3. The Morgan fingerprint density at radius 2 is 2.06 bits per heavy atom. The van der Waals surface area contributed by atoms with Gasteiger partial charge in [-0.25, -0.2) is 9.97 Å². The van der Waals surface area contributed by atoms with Crippen LogP contribution in [0.5, 0.6) is 17.2 Å². The van der Waals surface area contributed by atoms with Crippen LogP contribution in [0.15, 0.2) is 48.7 Å². The molecule has 5 rings (SSSR count). The summed E-state index contributed by atoms with van der Waals surface area (Å²) >= 11 is 0. The van der Waals surface area contributed by atoms with Gasteiger partial charge in [0.25, 0.3) is 0 Å². The van der Waals surface area contributed by atoms with E-state index in [1.807, 2.05) is 48.3 Å². The van der Waals surface area contributed by atoms with Crippen molar-refractivity contribution >= 4 is 11.9 Å². The van der Waals surface area contributed by atoms with Gasteiger partial charge < -0.3 is 24.2 Å². The zero-order valence-electron chi connectivity index (χ0n) is 19.1.